The molecule has 0 radical (unpaired) electrons. The molecule has 17 heavy (non-hydrogen) atoms. The van der Waals surface area contributed by atoms with E-state index < -0.39 is 5.97 Å². The van der Waals surface area contributed by atoms with Crippen LogP contribution in [0.2, 0.25) is 0 Å². The van der Waals surface area contributed by atoms with Crippen LogP contribution >= 0.6 is 0 Å². The normalized spacial score (nSPS) is 10.2. The van der Waals surface area contributed by atoms with Crippen LogP contribution in [0.5, 0.6) is 17.4 Å². The van der Waals surface area contributed by atoms with E-state index in [0.29, 0.717) is 16.7 Å². The summed E-state index contributed by atoms with van der Waals surface area (Å²) in [7, 11) is 1.44. The zero-order chi connectivity index (χ0) is 12.4. The van der Waals surface area contributed by atoms with E-state index in [9.17, 15) is 9.90 Å². The van der Waals surface area contributed by atoms with Gasteiger partial charge in [-0.25, -0.2) is 9.97 Å². The first kappa shape index (κ1) is 11.1. The van der Waals surface area contributed by atoms with Gasteiger partial charge in [-0.1, -0.05) is 0 Å². The summed E-state index contributed by atoms with van der Waals surface area (Å²) in [6.07, 6.45) is 1.27. The zero-order valence-corrected chi connectivity index (χ0v) is 9.30. The largest absolute Gasteiger partial charge is 0.504 e. The monoisotopic (exact) mass is 234 g/mol. The number of carbonyl (C=O) groups excluding carboxylic acids is 1. The van der Waals surface area contributed by atoms with Gasteiger partial charge in [-0.05, 0) is 6.07 Å². The van der Waals surface area contributed by atoms with Gasteiger partial charge in [0.1, 0.15) is 6.33 Å². The van der Waals surface area contributed by atoms with Crippen molar-refractivity contribution < 1.29 is 19.4 Å². The summed E-state index contributed by atoms with van der Waals surface area (Å²) < 4.78 is 9.87. The highest BCUT2D eigenvalue weighted by Crippen LogP contribution is 2.33. The van der Waals surface area contributed by atoms with E-state index in [1.807, 2.05) is 0 Å². The summed E-state index contributed by atoms with van der Waals surface area (Å²) in [6, 6.07) is 2.94. The molecule has 0 bridgehead atoms. The molecule has 2 rings (SSSR count). The molecule has 0 unspecified atom stereocenters. The maximum absolute atomic E-state index is 10.9. The summed E-state index contributed by atoms with van der Waals surface area (Å²) in [5.74, 6) is -0.145. The molecule has 1 aromatic carbocycles. The van der Waals surface area contributed by atoms with Gasteiger partial charge in [-0.15, -0.1) is 0 Å². The second-order valence-electron chi connectivity index (χ2n) is 3.31. The summed E-state index contributed by atoms with van der Waals surface area (Å²) >= 11 is 0. The van der Waals surface area contributed by atoms with Crippen LogP contribution in [0, 0.1) is 0 Å². The van der Waals surface area contributed by atoms with E-state index in [1.165, 1.54) is 26.4 Å². The molecule has 1 N–H and O–H groups in total. The lowest BCUT2D eigenvalue weighted by molar-refractivity contribution is -0.132. The molecule has 0 fully saturated rings. The van der Waals surface area contributed by atoms with Crippen molar-refractivity contribution in [2.45, 2.75) is 6.92 Å². The Labute approximate surface area is 96.8 Å². The summed E-state index contributed by atoms with van der Waals surface area (Å²) in [4.78, 5) is 18.7. The molecule has 1 heterocycles. The van der Waals surface area contributed by atoms with Gasteiger partial charge in [0.15, 0.2) is 11.5 Å². The van der Waals surface area contributed by atoms with Crippen molar-refractivity contribution >= 4 is 16.9 Å². The van der Waals surface area contributed by atoms with E-state index in [4.69, 9.17) is 9.47 Å². The first-order valence-corrected chi connectivity index (χ1v) is 4.82. The SMILES string of the molecule is COc1cc2ncnc(OC(C)=O)c2cc1O. The fraction of sp³-hybridized carbons (Fsp3) is 0.182. The smallest absolute Gasteiger partial charge is 0.309 e. The average molecular weight is 234 g/mol. The second-order valence-corrected chi connectivity index (χ2v) is 3.31. The number of rotatable bonds is 2. The molecule has 6 nitrogen and oxygen atoms in total. The number of hydrogen-bond acceptors (Lipinski definition) is 6. The minimum Gasteiger partial charge on any atom is -0.504 e. The van der Waals surface area contributed by atoms with Gasteiger partial charge in [0.05, 0.1) is 18.0 Å². The van der Waals surface area contributed by atoms with Gasteiger partial charge in [-0.2, -0.15) is 0 Å². The lowest BCUT2D eigenvalue weighted by atomic mass is 10.2. The number of benzene rings is 1. The fourth-order valence-electron chi connectivity index (χ4n) is 1.43. The third-order valence-corrected chi connectivity index (χ3v) is 2.14. The number of methoxy groups -OCH3 is 1. The molecule has 0 aliphatic heterocycles. The predicted molar refractivity (Wildman–Crippen MR) is 59.1 cm³/mol. The Bertz CT molecular complexity index is 583. The average Bonchev–Trinajstić information content (AvgIpc) is 2.28. The first-order valence-electron chi connectivity index (χ1n) is 4.82. The van der Waals surface area contributed by atoms with Crippen molar-refractivity contribution in [2.75, 3.05) is 7.11 Å². The van der Waals surface area contributed by atoms with E-state index >= 15 is 0 Å². The number of nitrogens with zero attached hydrogens (tertiary/aromatic N) is 2. The molecule has 2 aromatic rings. The van der Waals surface area contributed by atoms with Gasteiger partial charge in [0, 0.05) is 13.0 Å². The zero-order valence-electron chi connectivity index (χ0n) is 9.30. The molecule has 0 saturated carbocycles. The minimum absolute atomic E-state index is 0.0665. The number of hydrogen-bond donors (Lipinski definition) is 1. The van der Waals surface area contributed by atoms with Crippen LogP contribution in [0.4, 0.5) is 0 Å². The van der Waals surface area contributed by atoms with Crippen LogP contribution in [-0.2, 0) is 4.79 Å². The Balaban J connectivity index is 2.64. The first-order chi connectivity index (χ1) is 8.11. The topological polar surface area (TPSA) is 81.5 Å². The van der Waals surface area contributed by atoms with E-state index in [1.54, 1.807) is 6.07 Å². The molecule has 0 saturated heterocycles. The Hall–Kier alpha value is -2.37. The van der Waals surface area contributed by atoms with Crippen LogP contribution in [0.1, 0.15) is 6.92 Å². The van der Waals surface area contributed by atoms with Crippen LogP contribution < -0.4 is 9.47 Å². The third kappa shape index (κ3) is 2.10. The van der Waals surface area contributed by atoms with Gasteiger partial charge >= 0.3 is 5.97 Å². The van der Waals surface area contributed by atoms with Crippen molar-refractivity contribution in [3.63, 3.8) is 0 Å². The van der Waals surface area contributed by atoms with Gasteiger partial charge < -0.3 is 14.6 Å². The molecule has 0 atom stereocenters. The molecule has 1 aromatic heterocycles. The third-order valence-electron chi connectivity index (χ3n) is 2.14. The second kappa shape index (κ2) is 4.25. The van der Waals surface area contributed by atoms with Crippen LogP contribution in [0.15, 0.2) is 18.5 Å². The summed E-state index contributed by atoms with van der Waals surface area (Å²) in [5, 5.41) is 10.1. The fourth-order valence-corrected chi connectivity index (χ4v) is 1.43. The Morgan fingerprint density at radius 3 is 2.76 bits per heavy atom. The van der Waals surface area contributed by atoms with Crippen LogP contribution in [-0.4, -0.2) is 28.2 Å². The molecular formula is C11H10N2O4. The number of phenolic OH excluding ortho intramolecular Hbond substituents is 1. The lowest BCUT2D eigenvalue weighted by Gasteiger charge is -2.07. The van der Waals surface area contributed by atoms with Crippen molar-refractivity contribution in [3.05, 3.63) is 18.5 Å². The van der Waals surface area contributed by atoms with E-state index in [2.05, 4.69) is 9.97 Å². The number of aromatic nitrogens is 2. The van der Waals surface area contributed by atoms with Crippen molar-refractivity contribution in [1.29, 1.82) is 0 Å². The molecule has 0 aliphatic rings. The number of ether oxygens (including phenoxy) is 2. The highest BCUT2D eigenvalue weighted by molar-refractivity contribution is 5.88. The molecule has 0 amide bonds. The highest BCUT2D eigenvalue weighted by atomic mass is 16.5. The predicted octanol–water partition coefficient (Wildman–Crippen LogP) is 1.27. The maximum Gasteiger partial charge on any atom is 0.309 e. The van der Waals surface area contributed by atoms with Crippen LogP contribution in [0.3, 0.4) is 0 Å². The van der Waals surface area contributed by atoms with Gasteiger partial charge in [0.25, 0.3) is 0 Å². The Morgan fingerprint density at radius 1 is 1.35 bits per heavy atom. The standard InChI is InChI=1S/C11H10N2O4/c1-6(14)17-11-7-3-9(15)10(16-2)4-8(7)12-5-13-11/h3-5,15H,1-2H3. The highest BCUT2D eigenvalue weighted by Gasteiger charge is 2.11. The number of aromatic hydroxyl groups is 1. The van der Waals surface area contributed by atoms with Crippen molar-refractivity contribution in [2.24, 2.45) is 0 Å². The lowest BCUT2D eigenvalue weighted by Crippen LogP contribution is -2.04. The molecular weight excluding hydrogens is 224 g/mol. The van der Waals surface area contributed by atoms with Gasteiger partial charge in [0.2, 0.25) is 5.88 Å². The Morgan fingerprint density at radius 2 is 2.12 bits per heavy atom. The summed E-state index contributed by atoms with van der Waals surface area (Å²) in [5.41, 5.74) is 0.519. The van der Waals surface area contributed by atoms with E-state index in [0.717, 1.165) is 0 Å². The number of carbonyl (C=O) groups is 1. The van der Waals surface area contributed by atoms with Crippen LogP contribution in [0.25, 0.3) is 10.9 Å². The number of fused-ring (bicyclic) bond motifs is 1. The maximum atomic E-state index is 10.9. The quantitative estimate of drug-likeness (QED) is 0.788. The van der Waals surface area contributed by atoms with Crippen molar-refractivity contribution in [1.82, 2.24) is 9.97 Å². The molecule has 0 spiro atoms. The molecule has 0 aliphatic carbocycles. The van der Waals surface area contributed by atoms with Gasteiger partial charge in [-0.3, -0.25) is 4.79 Å². The number of esters is 1. The summed E-state index contributed by atoms with van der Waals surface area (Å²) in [6.45, 7) is 1.28. The van der Waals surface area contributed by atoms with Crippen molar-refractivity contribution in [3.8, 4) is 17.4 Å². The Kier molecular flexibility index (Phi) is 2.78. The molecule has 6 heteroatoms. The minimum atomic E-state index is -0.486. The molecule has 88 valence electrons. The van der Waals surface area contributed by atoms with E-state index in [-0.39, 0.29) is 11.6 Å². The number of phenols is 1.